The number of thiophene rings is 1. The van der Waals surface area contributed by atoms with Crippen molar-refractivity contribution in [2.45, 2.75) is 25.7 Å². The second kappa shape index (κ2) is 4.61. The Kier molecular flexibility index (Phi) is 2.96. The summed E-state index contributed by atoms with van der Waals surface area (Å²) in [6.45, 7) is 0. The first kappa shape index (κ1) is 11.5. The van der Waals surface area contributed by atoms with Crippen LogP contribution in [0.15, 0.2) is 24.5 Å². The number of nitrogens with one attached hydrogen (secondary N) is 1. The molecule has 3 nitrogen and oxygen atoms in total. The molecule has 1 aliphatic rings. The van der Waals surface area contributed by atoms with Crippen LogP contribution in [0.5, 0.6) is 0 Å². The molecule has 1 amide bonds. The molecule has 1 aliphatic carbocycles. The molecular weight excluding hydrogens is 244 g/mol. The Morgan fingerprint density at radius 3 is 2.72 bits per heavy atom. The summed E-state index contributed by atoms with van der Waals surface area (Å²) in [5, 5.41) is 3.84. The van der Waals surface area contributed by atoms with Crippen LogP contribution in [0.2, 0.25) is 0 Å². The molecule has 1 N–H and O–H groups in total. The minimum absolute atomic E-state index is 0.0399. The zero-order chi connectivity index (χ0) is 12.5. The molecule has 0 aliphatic heterocycles. The third-order valence-electron chi connectivity index (χ3n) is 3.45. The van der Waals surface area contributed by atoms with Crippen LogP contribution in [-0.2, 0) is 12.8 Å². The van der Waals surface area contributed by atoms with Crippen molar-refractivity contribution in [3.63, 3.8) is 0 Å². The molecule has 94 valence electrons. The minimum atomic E-state index is 0.0399. The van der Waals surface area contributed by atoms with Gasteiger partial charge in [0, 0.05) is 24.3 Å². The van der Waals surface area contributed by atoms with E-state index in [2.05, 4.69) is 5.32 Å². The van der Waals surface area contributed by atoms with Crippen molar-refractivity contribution in [3.8, 4) is 5.00 Å². The molecule has 0 bridgehead atoms. The number of aryl methyl sites for hydroxylation is 1. The normalized spacial score (nSPS) is 14.3. The zero-order valence-electron chi connectivity index (χ0n) is 10.4. The van der Waals surface area contributed by atoms with Crippen LogP contribution in [0.4, 0.5) is 0 Å². The molecule has 4 heteroatoms. The number of carbonyl (C=O) groups excluding carboxylic acids is 1. The zero-order valence-corrected chi connectivity index (χ0v) is 11.2. The van der Waals surface area contributed by atoms with Gasteiger partial charge in [-0.25, -0.2) is 0 Å². The van der Waals surface area contributed by atoms with E-state index in [1.807, 2.05) is 29.1 Å². The highest BCUT2D eigenvalue weighted by molar-refractivity contribution is 7.15. The summed E-state index contributed by atoms with van der Waals surface area (Å²) in [6, 6.07) is 3.98. The second-order valence-electron chi connectivity index (χ2n) is 4.56. The second-order valence-corrected chi connectivity index (χ2v) is 5.64. The van der Waals surface area contributed by atoms with Crippen molar-refractivity contribution in [2.24, 2.45) is 0 Å². The lowest BCUT2D eigenvalue weighted by Crippen LogP contribution is -2.21. The SMILES string of the molecule is CNC(=O)c1c(-n2cccc2)sc2c1CCCC2. The Balaban J connectivity index is 2.18. The highest BCUT2D eigenvalue weighted by atomic mass is 32.1. The average molecular weight is 260 g/mol. The third-order valence-corrected chi connectivity index (χ3v) is 4.75. The van der Waals surface area contributed by atoms with E-state index in [4.69, 9.17) is 0 Å². The van der Waals surface area contributed by atoms with Crippen LogP contribution in [0.25, 0.3) is 5.00 Å². The highest BCUT2D eigenvalue weighted by Gasteiger charge is 2.25. The van der Waals surface area contributed by atoms with Gasteiger partial charge in [0.2, 0.25) is 0 Å². The summed E-state index contributed by atoms with van der Waals surface area (Å²) in [6.07, 6.45) is 8.60. The third kappa shape index (κ3) is 1.77. The van der Waals surface area contributed by atoms with Gasteiger partial charge in [0.15, 0.2) is 0 Å². The lowest BCUT2D eigenvalue weighted by Gasteiger charge is -2.12. The number of rotatable bonds is 2. The van der Waals surface area contributed by atoms with Gasteiger partial charge in [-0.3, -0.25) is 4.79 Å². The quantitative estimate of drug-likeness (QED) is 0.885. The summed E-state index contributed by atoms with van der Waals surface area (Å²) in [5.41, 5.74) is 2.16. The summed E-state index contributed by atoms with van der Waals surface area (Å²) in [4.78, 5) is 13.5. The van der Waals surface area contributed by atoms with E-state index in [1.165, 1.54) is 23.3 Å². The average Bonchev–Trinajstić information content (AvgIpc) is 3.04. The van der Waals surface area contributed by atoms with E-state index in [1.54, 1.807) is 18.4 Å². The molecule has 0 unspecified atom stereocenters. The number of aromatic nitrogens is 1. The molecule has 0 fully saturated rings. The van der Waals surface area contributed by atoms with Gasteiger partial charge in [0.25, 0.3) is 5.91 Å². The predicted octanol–water partition coefficient (Wildman–Crippen LogP) is 2.78. The monoisotopic (exact) mass is 260 g/mol. The Hall–Kier alpha value is -1.55. The first-order chi connectivity index (χ1) is 8.81. The summed E-state index contributed by atoms with van der Waals surface area (Å²) < 4.78 is 2.05. The first-order valence-electron chi connectivity index (χ1n) is 6.31. The molecule has 18 heavy (non-hydrogen) atoms. The summed E-state index contributed by atoms with van der Waals surface area (Å²) in [5.74, 6) is 0.0399. The maximum absolute atomic E-state index is 12.1. The van der Waals surface area contributed by atoms with E-state index in [0.29, 0.717) is 0 Å². The van der Waals surface area contributed by atoms with Gasteiger partial charge in [0.05, 0.1) is 5.56 Å². The molecule has 0 atom stereocenters. The molecule has 0 saturated heterocycles. The van der Waals surface area contributed by atoms with Crippen molar-refractivity contribution in [2.75, 3.05) is 7.05 Å². The number of hydrogen-bond acceptors (Lipinski definition) is 2. The van der Waals surface area contributed by atoms with E-state index in [-0.39, 0.29) is 5.91 Å². The van der Waals surface area contributed by atoms with Gasteiger partial charge in [-0.1, -0.05) is 0 Å². The Morgan fingerprint density at radius 1 is 1.28 bits per heavy atom. The van der Waals surface area contributed by atoms with Gasteiger partial charge >= 0.3 is 0 Å². The fourth-order valence-corrected chi connectivity index (χ4v) is 3.91. The molecule has 2 aromatic rings. The number of fused-ring (bicyclic) bond motifs is 1. The molecule has 2 aromatic heterocycles. The van der Waals surface area contributed by atoms with E-state index >= 15 is 0 Å². The standard InChI is InChI=1S/C14H16N2OS/c1-15-13(17)12-10-6-2-3-7-11(10)18-14(12)16-8-4-5-9-16/h4-5,8-9H,2-3,6-7H2,1H3,(H,15,17). The fraction of sp³-hybridized carbons (Fsp3) is 0.357. The highest BCUT2D eigenvalue weighted by Crippen LogP contribution is 2.36. The molecule has 0 radical (unpaired) electrons. The molecule has 3 rings (SSSR count). The van der Waals surface area contributed by atoms with Crippen molar-refractivity contribution >= 4 is 17.2 Å². The molecular formula is C14H16N2OS. The maximum Gasteiger partial charge on any atom is 0.254 e. The molecule has 0 saturated carbocycles. The summed E-state index contributed by atoms with van der Waals surface area (Å²) in [7, 11) is 1.70. The Labute approximate surface area is 110 Å². The maximum atomic E-state index is 12.1. The van der Waals surface area contributed by atoms with Gasteiger partial charge in [-0.05, 0) is 43.4 Å². The molecule has 0 aromatic carbocycles. The number of amides is 1. The van der Waals surface area contributed by atoms with E-state index in [0.717, 1.165) is 23.4 Å². The van der Waals surface area contributed by atoms with Crippen LogP contribution in [-0.4, -0.2) is 17.5 Å². The smallest absolute Gasteiger partial charge is 0.254 e. The van der Waals surface area contributed by atoms with Crippen LogP contribution >= 0.6 is 11.3 Å². The van der Waals surface area contributed by atoms with E-state index < -0.39 is 0 Å². The molecule has 2 heterocycles. The fourth-order valence-electron chi connectivity index (χ4n) is 2.56. The van der Waals surface area contributed by atoms with Gasteiger partial charge in [0.1, 0.15) is 5.00 Å². The minimum Gasteiger partial charge on any atom is -0.355 e. The van der Waals surface area contributed by atoms with Crippen LogP contribution in [0, 0.1) is 0 Å². The Morgan fingerprint density at radius 2 is 2.00 bits per heavy atom. The van der Waals surface area contributed by atoms with Gasteiger partial charge < -0.3 is 9.88 Å². The van der Waals surface area contributed by atoms with Crippen molar-refractivity contribution in [1.29, 1.82) is 0 Å². The number of carbonyl (C=O) groups is 1. The van der Waals surface area contributed by atoms with Crippen LogP contribution in [0.1, 0.15) is 33.6 Å². The lowest BCUT2D eigenvalue weighted by molar-refractivity contribution is 0.0962. The number of hydrogen-bond donors (Lipinski definition) is 1. The van der Waals surface area contributed by atoms with Crippen molar-refractivity contribution in [1.82, 2.24) is 9.88 Å². The Bertz CT molecular complexity index is 569. The van der Waals surface area contributed by atoms with Gasteiger partial charge in [-0.2, -0.15) is 0 Å². The topological polar surface area (TPSA) is 34.0 Å². The van der Waals surface area contributed by atoms with Crippen molar-refractivity contribution in [3.05, 3.63) is 40.5 Å². The largest absolute Gasteiger partial charge is 0.355 e. The number of nitrogens with zero attached hydrogens (tertiary/aromatic N) is 1. The lowest BCUT2D eigenvalue weighted by atomic mass is 9.95. The van der Waals surface area contributed by atoms with Crippen molar-refractivity contribution < 1.29 is 4.79 Å². The first-order valence-corrected chi connectivity index (χ1v) is 7.13. The van der Waals surface area contributed by atoms with Crippen LogP contribution < -0.4 is 5.32 Å². The van der Waals surface area contributed by atoms with Crippen LogP contribution in [0.3, 0.4) is 0 Å². The van der Waals surface area contributed by atoms with E-state index in [9.17, 15) is 4.79 Å². The summed E-state index contributed by atoms with van der Waals surface area (Å²) >= 11 is 1.77. The van der Waals surface area contributed by atoms with Gasteiger partial charge in [-0.15, -0.1) is 11.3 Å². The predicted molar refractivity (Wildman–Crippen MR) is 73.7 cm³/mol. The molecule has 0 spiro atoms.